The molecule has 0 radical (unpaired) electrons. The highest BCUT2D eigenvalue weighted by molar-refractivity contribution is 8.00. The van der Waals surface area contributed by atoms with E-state index in [0.29, 0.717) is 13.0 Å². The van der Waals surface area contributed by atoms with Crippen molar-refractivity contribution >= 4 is 29.8 Å². The van der Waals surface area contributed by atoms with Crippen molar-refractivity contribution in [3.05, 3.63) is 0 Å². The maximum atomic E-state index is 11.5. The summed E-state index contributed by atoms with van der Waals surface area (Å²) < 4.78 is 9.78. The molecule has 0 aromatic carbocycles. The van der Waals surface area contributed by atoms with Crippen molar-refractivity contribution < 1.29 is 29.0 Å². The van der Waals surface area contributed by atoms with Crippen LogP contribution in [0.3, 0.4) is 0 Å². The number of ether oxygens (including phenoxy) is 2. The van der Waals surface area contributed by atoms with Gasteiger partial charge >= 0.3 is 18.0 Å². The third-order valence-corrected chi connectivity index (χ3v) is 3.70. The lowest BCUT2D eigenvalue weighted by molar-refractivity contribution is -0.139. The van der Waals surface area contributed by atoms with E-state index in [1.807, 2.05) is 0 Å². The summed E-state index contributed by atoms with van der Waals surface area (Å²) in [7, 11) is 0. The first-order valence-corrected chi connectivity index (χ1v) is 7.24. The van der Waals surface area contributed by atoms with Gasteiger partial charge < -0.3 is 19.9 Å². The number of nitrogens with one attached hydrogen (secondary N) is 1. The topological polar surface area (TPSA) is 102 Å². The predicted molar refractivity (Wildman–Crippen MR) is 72.6 cm³/mol. The number of carbonyl (C=O) groups excluding carboxylic acids is 2. The number of alkyl carbamates (subject to hydrolysis) is 1. The monoisotopic (exact) mass is 305 g/mol. The van der Waals surface area contributed by atoms with E-state index in [4.69, 9.17) is 14.6 Å². The lowest BCUT2D eigenvalue weighted by atomic mass is 10.2. The van der Waals surface area contributed by atoms with Crippen molar-refractivity contribution in [2.24, 2.45) is 0 Å². The minimum atomic E-state index is -1.17. The van der Waals surface area contributed by atoms with E-state index in [0.717, 1.165) is 11.8 Å². The first kappa shape index (κ1) is 16.6. The van der Waals surface area contributed by atoms with Crippen LogP contribution in [0.15, 0.2) is 0 Å². The largest absolute Gasteiger partial charge is 0.480 e. The minimum Gasteiger partial charge on any atom is -0.480 e. The van der Waals surface area contributed by atoms with E-state index in [9.17, 15) is 14.4 Å². The second-order valence-corrected chi connectivity index (χ2v) is 6.55. The number of hydrogen-bond donors (Lipinski definition) is 2. The number of carboxylic acids is 1. The van der Waals surface area contributed by atoms with Crippen molar-refractivity contribution in [3.8, 4) is 0 Å². The lowest BCUT2D eigenvalue weighted by Gasteiger charge is -2.22. The Bertz CT molecular complexity index is 392. The van der Waals surface area contributed by atoms with Gasteiger partial charge in [0.1, 0.15) is 16.9 Å². The number of cyclic esters (lactones) is 1. The van der Waals surface area contributed by atoms with Crippen molar-refractivity contribution in [3.63, 3.8) is 0 Å². The zero-order valence-electron chi connectivity index (χ0n) is 11.7. The molecule has 2 atom stereocenters. The van der Waals surface area contributed by atoms with Crippen LogP contribution in [-0.4, -0.2) is 52.4 Å². The molecule has 20 heavy (non-hydrogen) atoms. The van der Waals surface area contributed by atoms with Crippen LogP contribution >= 0.6 is 11.8 Å². The third-order valence-electron chi connectivity index (χ3n) is 2.34. The van der Waals surface area contributed by atoms with Gasteiger partial charge in [0, 0.05) is 12.2 Å². The Hall–Kier alpha value is -1.44. The van der Waals surface area contributed by atoms with Gasteiger partial charge in [-0.05, 0) is 20.8 Å². The molecule has 1 amide bonds. The van der Waals surface area contributed by atoms with Crippen LogP contribution in [0.25, 0.3) is 0 Å². The molecular weight excluding hydrogens is 286 g/mol. The Morgan fingerprint density at radius 2 is 2.20 bits per heavy atom. The van der Waals surface area contributed by atoms with E-state index < -0.39 is 23.7 Å². The van der Waals surface area contributed by atoms with E-state index in [1.54, 1.807) is 20.8 Å². The summed E-state index contributed by atoms with van der Waals surface area (Å²) in [5.41, 5.74) is -0.699. The fraction of sp³-hybridized carbons (Fsp3) is 0.750. The molecule has 0 bridgehead atoms. The Kier molecular flexibility index (Phi) is 5.67. The number of hydrogen-bond acceptors (Lipinski definition) is 6. The molecule has 1 heterocycles. The minimum absolute atomic E-state index is 0.0777. The summed E-state index contributed by atoms with van der Waals surface area (Å²) >= 11 is 1.16. The summed E-state index contributed by atoms with van der Waals surface area (Å²) in [6, 6.07) is -1.11. The molecule has 1 aliphatic rings. The molecule has 1 saturated heterocycles. The molecule has 7 nitrogen and oxygen atoms in total. The van der Waals surface area contributed by atoms with Crippen molar-refractivity contribution in [1.82, 2.24) is 5.32 Å². The van der Waals surface area contributed by atoms with Gasteiger partial charge in [-0.1, -0.05) is 0 Å². The standard InChI is InChI=1S/C12H19NO6S/c1-12(2,3)19-11(17)13-7(9(14)15)6-20-8-4-5-18-10(8)16/h7-8H,4-6H2,1-3H3,(H,13,17)(H,14,15). The fourth-order valence-corrected chi connectivity index (χ4v) is 2.58. The predicted octanol–water partition coefficient (Wildman–Crippen LogP) is 1.01. The molecule has 8 heteroatoms. The zero-order valence-corrected chi connectivity index (χ0v) is 12.5. The van der Waals surface area contributed by atoms with Crippen LogP contribution in [-0.2, 0) is 19.1 Å². The Labute approximate surface area is 121 Å². The van der Waals surface area contributed by atoms with Crippen molar-refractivity contribution in [1.29, 1.82) is 0 Å². The normalized spacial score (nSPS) is 20.1. The summed E-state index contributed by atoms with van der Waals surface area (Å²) in [6.07, 6.45) is -0.234. The van der Waals surface area contributed by atoms with Gasteiger partial charge in [0.25, 0.3) is 0 Å². The molecule has 1 rings (SSSR count). The molecule has 0 aromatic rings. The second-order valence-electron chi connectivity index (χ2n) is 5.32. The average molecular weight is 305 g/mol. The van der Waals surface area contributed by atoms with Crippen molar-refractivity contribution in [2.75, 3.05) is 12.4 Å². The highest BCUT2D eigenvalue weighted by Gasteiger charge is 2.30. The van der Waals surface area contributed by atoms with Gasteiger partial charge in [0.2, 0.25) is 0 Å². The number of rotatable bonds is 5. The second kappa shape index (κ2) is 6.83. The van der Waals surface area contributed by atoms with Crippen LogP contribution in [0.1, 0.15) is 27.2 Å². The maximum absolute atomic E-state index is 11.5. The number of esters is 1. The van der Waals surface area contributed by atoms with Crippen LogP contribution in [0.4, 0.5) is 4.79 Å². The smallest absolute Gasteiger partial charge is 0.408 e. The number of aliphatic carboxylic acids is 1. The molecule has 114 valence electrons. The van der Waals surface area contributed by atoms with Gasteiger partial charge in [0.15, 0.2) is 0 Å². The van der Waals surface area contributed by atoms with Crippen LogP contribution in [0.5, 0.6) is 0 Å². The van der Waals surface area contributed by atoms with E-state index in [-0.39, 0.29) is 17.0 Å². The Morgan fingerprint density at radius 3 is 2.65 bits per heavy atom. The van der Waals surface area contributed by atoms with Crippen LogP contribution in [0, 0.1) is 0 Å². The first-order valence-electron chi connectivity index (χ1n) is 6.19. The van der Waals surface area contributed by atoms with Crippen LogP contribution < -0.4 is 5.32 Å². The molecule has 2 N–H and O–H groups in total. The molecule has 0 aliphatic carbocycles. The third kappa shape index (κ3) is 5.68. The van der Waals surface area contributed by atoms with Gasteiger partial charge in [-0.15, -0.1) is 11.8 Å². The first-order chi connectivity index (χ1) is 9.19. The highest BCUT2D eigenvalue weighted by Crippen LogP contribution is 2.22. The number of thioether (sulfide) groups is 1. The lowest BCUT2D eigenvalue weighted by Crippen LogP contribution is -2.45. The Morgan fingerprint density at radius 1 is 1.55 bits per heavy atom. The summed E-state index contributed by atoms with van der Waals surface area (Å²) in [5.74, 6) is -1.43. The summed E-state index contributed by atoms with van der Waals surface area (Å²) in [5, 5.41) is 11.0. The van der Waals surface area contributed by atoms with E-state index in [1.165, 1.54) is 0 Å². The van der Waals surface area contributed by atoms with Crippen LogP contribution in [0.2, 0.25) is 0 Å². The quantitative estimate of drug-likeness (QED) is 0.731. The Balaban J connectivity index is 2.46. The number of carbonyl (C=O) groups is 3. The van der Waals surface area contributed by atoms with Gasteiger partial charge in [-0.2, -0.15) is 0 Å². The molecule has 0 spiro atoms. The fourth-order valence-electron chi connectivity index (χ4n) is 1.47. The van der Waals surface area contributed by atoms with Gasteiger partial charge in [-0.25, -0.2) is 9.59 Å². The molecule has 0 saturated carbocycles. The summed E-state index contributed by atoms with van der Waals surface area (Å²) in [6.45, 7) is 5.41. The number of carboxylic acid groups (broad SMARTS) is 1. The van der Waals surface area contributed by atoms with E-state index >= 15 is 0 Å². The average Bonchev–Trinajstić information content (AvgIpc) is 2.67. The molecule has 1 fully saturated rings. The molecule has 2 unspecified atom stereocenters. The SMILES string of the molecule is CC(C)(C)OC(=O)NC(CSC1CCOC1=O)C(=O)O. The molecular formula is C12H19NO6S. The number of amides is 1. The maximum Gasteiger partial charge on any atom is 0.408 e. The van der Waals surface area contributed by atoms with Gasteiger partial charge in [-0.3, -0.25) is 4.79 Å². The zero-order chi connectivity index (χ0) is 15.3. The van der Waals surface area contributed by atoms with Crippen molar-refractivity contribution in [2.45, 2.75) is 44.1 Å². The summed E-state index contributed by atoms with van der Waals surface area (Å²) in [4.78, 5) is 33.9. The highest BCUT2D eigenvalue weighted by atomic mass is 32.2. The van der Waals surface area contributed by atoms with E-state index in [2.05, 4.69) is 5.32 Å². The molecule has 1 aliphatic heterocycles. The molecule has 0 aromatic heterocycles. The van der Waals surface area contributed by atoms with Gasteiger partial charge in [0.05, 0.1) is 6.61 Å².